The van der Waals surface area contributed by atoms with Crippen molar-refractivity contribution < 1.29 is 9.53 Å². The molecule has 5 heteroatoms. The molecule has 5 nitrogen and oxygen atoms in total. The van der Waals surface area contributed by atoms with Crippen LogP contribution in [0.15, 0.2) is 24.3 Å². The molecule has 2 N–H and O–H groups in total. The van der Waals surface area contributed by atoms with Crippen molar-refractivity contribution in [1.82, 2.24) is 15.5 Å². The lowest BCUT2D eigenvalue weighted by Crippen LogP contribution is -2.24. The van der Waals surface area contributed by atoms with Gasteiger partial charge in [0.2, 0.25) is 0 Å². The third kappa shape index (κ3) is 3.13. The highest BCUT2D eigenvalue weighted by Gasteiger charge is 2.21. The van der Waals surface area contributed by atoms with Crippen molar-refractivity contribution in [3.05, 3.63) is 46.8 Å². The SMILES string of the molecule is CCOc1ccc(CNC(=O)c2n[nH]c3c2CCCC3)cc1. The topological polar surface area (TPSA) is 67.0 Å². The normalized spacial score (nSPS) is 13.5. The van der Waals surface area contributed by atoms with E-state index in [1.807, 2.05) is 31.2 Å². The average molecular weight is 299 g/mol. The van der Waals surface area contributed by atoms with Gasteiger partial charge in [-0.2, -0.15) is 5.10 Å². The van der Waals surface area contributed by atoms with Crippen LogP contribution in [-0.4, -0.2) is 22.7 Å². The highest BCUT2D eigenvalue weighted by atomic mass is 16.5. The number of ether oxygens (including phenoxy) is 1. The summed E-state index contributed by atoms with van der Waals surface area (Å²) in [5.41, 5.74) is 3.81. The molecule has 0 atom stereocenters. The molecule has 0 saturated carbocycles. The van der Waals surface area contributed by atoms with E-state index in [-0.39, 0.29) is 5.91 Å². The zero-order chi connectivity index (χ0) is 15.4. The van der Waals surface area contributed by atoms with E-state index in [4.69, 9.17) is 4.74 Å². The summed E-state index contributed by atoms with van der Waals surface area (Å²) >= 11 is 0. The molecule has 1 heterocycles. The summed E-state index contributed by atoms with van der Waals surface area (Å²) in [4.78, 5) is 12.3. The maximum atomic E-state index is 12.3. The Bertz CT molecular complexity index is 646. The minimum Gasteiger partial charge on any atom is -0.494 e. The van der Waals surface area contributed by atoms with Gasteiger partial charge in [-0.15, -0.1) is 0 Å². The van der Waals surface area contributed by atoms with Crippen LogP contribution in [0.25, 0.3) is 0 Å². The second kappa shape index (κ2) is 6.64. The molecule has 1 aromatic heterocycles. The highest BCUT2D eigenvalue weighted by Crippen LogP contribution is 2.22. The number of amides is 1. The number of carbonyl (C=O) groups is 1. The van der Waals surface area contributed by atoms with E-state index in [9.17, 15) is 4.79 Å². The van der Waals surface area contributed by atoms with Crippen LogP contribution < -0.4 is 10.1 Å². The second-order valence-electron chi connectivity index (χ2n) is 5.50. The van der Waals surface area contributed by atoms with Gasteiger partial charge >= 0.3 is 0 Å². The molecule has 0 bridgehead atoms. The Morgan fingerprint density at radius 2 is 2.05 bits per heavy atom. The quantitative estimate of drug-likeness (QED) is 0.892. The van der Waals surface area contributed by atoms with Gasteiger partial charge in [-0.1, -0.05) is 12.1 Å². The van der Waals surface area contributed by atoms with Crippen molar-refractivity contribution in [2.24, 2.45) is 0 Å². The fourth-order valence-electron chi connectivity index (χ4n) is 2.80. The lowest BCUT2D eigenvalue weighted by Gasteiger charge is -2.11. The molecule has 0 unspecified atom stereocenters. The first kappa shape index (κ1) is 14.6. The number of rotatable bonds is 5. The van der Waals surface area contributed by atoms with Gasteiger partial charge in [0.15, 0.2) is 5.69 Å². The number of hydrogen-bond acceptors (Lipinski definition) is 3. The van der Waals surface area contributed by atoms with Crippen LogP contribution >= 0.6 is 0 Å². The number of hydrogen-bond donors (Lipinski definition) is 2. The standard InChI is InChI=1S/C17H21N3O2/c1-2-22-13-9-7-12(8-10-13)11-18-17(21)16-14-5-3-4-6-15(14)19-20-16/h7-10H,2-6,11H2,1H3,(H,18,21)(H,19,20). The largest absolute Gasteiger partial charge is 0.494 e. The van der Waals surface area contributed by atoms with Gasteiger partial charge in [-0.25, -0.2) is 0 Å². The Balaban J connectivity index is 1.61. The van der Waals surface area contributed by atoms with E-state index < -0.39 is 0 Å². The summed E-state index contributed by atoms with van der Waals surface area (Å²) in [5, 5.41) is 10.1. The van der Waals surface area contributed by atoms with Crippen molar-refractivity contribution in [3.63, 3.8) is 0 Å². The predicted octanol–water partition coefficient (Wildman–Crippen LogP) is 2.62. The Labute approximate surface area is 130 Å². The van der Waals surface area contributed by atoms with Crippen molar-refractivity contribution in [2.75, 3.05) is 6.61 Å². The number of aromatic nitrogens is 2. The number of aromatic amines is 1. The molecule has 0 spiro atoms. The minimum atomic E-state index is -0.103. The minimum absolute atomic E-state index is 0.103. The molecule has 1 aliphatic carbocycles. The van der Waals surface area contributed by atoms with Crippen LogP contribution in [0.4, 0.5) is 0 Å². The molecule has 1 amide bonds. The predicted molar refractivity (Wildman–Crippen MR) is 84.0 cm³/mol. The molecule has 0 saturated heterocycles. The number of benzene rings is 1. The summed E-state index contributed by atoms with van der Waals surface area (Å²) < 4.78 is 5.41. The Kier molecular flexibility index (Phi) is 4.42. The van der Waals surface area contributed by atoms with Crippen LogP contribution in [-0.2, 0) is 19.4 Å². The maximum Gasteiger partial charge on any atom is 0.272 e. The number of nitrogens with one attached hydrogen (secondary N) is 2. The van der Waals surface area contributed by atoms with Crippen LogP contribution in [0, 0.1) is 0 Å². The Morgan fingerprint density at radius 1 is 1.27 bits per heavy atom. The number of aryl methyl sites for hydroxylation is 1. The van der Waals surface area contributed by atoms with E-state index in [1.165, 1.54) is 6.42 Å². The van der Waals surface area contributed by atoms with Crippen molar-refractivity contribution in [2.45, 2.75) is 39.2 Å². The van der Waals surface area contributed by atoms with E-state index in [0.29, 0.717) is 18.8 Å². The molecule has 3 rings (SSSR count). The highest BCUT2D eigenvalue weighted by molar-refractivity contribution is 5.94. The molecular weight excluding hydrogens is 278 g/mol. The van der Waals surface area contributed by atoms with E-state index in [2.05, 4.69) is 15.5 Å². The third-order valence-corrected chi connectivity index (χ3v) is 3.96. The van der Waals surface area contributed by atoms with Crippen LogP contribution in [0.5, 0.6) is 5.75 Å². The second-order valence-corrected chi connectivity index (χ2v) is 5.50. The summed E-state index contributed by atoms with van der Waals surface area (Å²) in [6.45, 7) is 3.10. The molecule has 22 heavy (non-hydrogen) atoms. The smallest absolute Gasteiger partial charge is 0.272 e. The first-order valence-corrected chi connectivity index (χ1v) is 7.84. The number of H-pyrrole nitrogens is 1. The molecule has 0 fully saturated rings. The Hall–Kier alpha value is -2.30. The van der Waals surface area contributed by atoms with Gasteiger partial charge in [-0.3, -0.25) is 9.89 Å². The average Bonchev–Trinajstić information content (AvgIpc) is 2.98. The fraction of sp³-hybridized carbons (Fsp3) is 0.412. The van der Waals surface area contributed by atoms with Gasteiger partial charge in [0.05, 0.1) is 6.61 Å². The molecule has 2 aromatic rings. The molecular formula is C17H21N3O2. The third-order valence-electron chi connectivity index (χ3n) is 3.96. The zero-order valence-electron chi connectivity index (χ0n) is 12.8. The van der Waals surface area contributed by atoms with E-state index in [0.717, 1.165) is 41.8 Å². The number of fused-ring (bicyclic) bond motifs is 1. The van der Waals surface area contributed by atoms with Gasteiger partial charge in [0, 0.05) is 17.8 Å². The summed E-state index contributed by atoms with van der Waals surface area (Å²) in [7, 11) is 0. The number of nitrogens with zero attached hydrogens (tertiary/aromatic N) is 1. The van der Waals surface area contributed by atoms with Gasteiger partial charge in [0.25, 0.3) is 5.91 Å². The Morgan fingerprint density at radius 3 is 2.82 bits per heavy atom. The van der Waals surface area contributed by atoms with Crippen LogP contribution in [0.3, 0.4) is 0 Å². The monoisotopic (exact) mass is 299 g/mol. The van der Waals surface area contributed by atoms with Gasteiger partial charge < -0.3 is 10.1 Å². The first-order chi connectivity index (χ1) is 10.8. The summed E-state index contributed by atoms with van der Waals surface area (Å²) in [5.74, 6) is 0.743. The first-order valence-electron chi connectivity index (χ1n) is 7.84. The summed E-state index contributed by atoms with van der Waals surface area (Å²) in [6.07, 6.45) is 4.24. The lowest BCUT2D eigenvalue weighted by atomic mass is 9.96. The molecule has 1 aliphatic rings. The maximum absolute atomic E-state index is 12.3. The molecule has 1 aromatic carbocycles. The van der Waals surface area contributed by atoms with Crippen molar-refractivity contribution in [1.29, 1.82) is 0 Å². The summed E-state index contributed by atoms with van der Waals surface area (Å²) in [6, 6.07) is 7.76. The van der Waals surface area contributed by atoms with Crippen LogP contribution in [0.2, 0.25) is 0 Å². The lowest BCUT2D eigenvalue weighted by molar-refractivity contribution is 0.0945. The van der Waals surface area contributed by atoms with Gasteiger partial charge in [0.1, 0.15) is 5.75 Å². The molecule has 0 radical (unpaired) electrons. The number of carbonyl (C=O) groups excluding carboxylic acids is 1. The molecule has 0 aliphatic heterocycles. The zero-order valence-corrected chi connectivity index (χ0v) is 12.8. The molecule has 116 valence electrons. The fourth-order valence-corrected chi connectivity index (χ4v) is 2.80. The van der Waals surface area contributed by atoms with Crippen LogP contribution in [0.1, 0.15) is 47.1 Å². The van der Waals surface area contributed by atoms with E-state index >= 15 is 0 Å². The van der Waals surface area contributed by atoms with Crippen molar-refractivity contribution >= 4 is 5.91 Å². The van der Waals surface area contributed by atoms with Gasteiger partial charge in [-0.05, 0) is 50.3 Å². The van der Waals surface area contributed by atoms with Crippen molar-refractivity contribution in [3.8, 4) is 5.75 Å². The van der Waals surface area contributed by atoms with E-state index in [1.54, 1.807) is 0 Å².